The summed E-state index contributed by atoms with van der Waals surface area (Å²) in [7, 11) is -4.04. The second-order valence-corrected chi connectivity index (χ2v) is 7.97. The monoisotopic (exact) mass is 323 g/mol. The van der Waals surface area contributed by atoms with Crippen molar-refractivity contribution in [3.05, 3.63) is 0 Å². The molecule has 1 rings (SSSR count). The van der Waals surface area contributed by atoms with E-state index >= 15 is 0 Å². The Bertz CT molecular complexity index is 416. The van der Waals surface area contributed by atoms with Crippen LogP contribution in [0.3, 0.4) is 0 Å². The lowest BCUT2D eigenvalue weighted by Crippen LogP contribution is -2.47. The van der Waals surface area contributed by atoms with Gasteiger partial charge in [0.15, 0.2) is 0 Å². The number of guanidine groups is 1. The molecule has 0 saturated carbocycles. The smallest absolute Gasteiger partial charge is 0.349 e. The van der Waals surface area contributed by atoms with Crippen LogP contribution < -0.4 is 10.0 Å². The van der Waals surface area contributed by atoms with E-state index in [4.69, 9.17) is 34.8 Å². The highest BCUT2D eigenvalue weighted by atomic mass is 35.6. The van der Waals surface area contributed by atoms with Gasteiger partial charge in [-0.05, 0) is 13.8 Å². The van der Waals surface area contributed by atoms with E-state index < -0.39 is 20.7 Å². The molecule has 2 N–H and O–H groups in total. The minimum atomic E-state index is -4.04. The molecule has 0 amide bonds. The predicted octanol–water partition coefficient (Wildman–Crippen LogP) is 0.945. The van der Waals surface area contributed by atoms with Gasteiger partial charge in [0.05, 0.1) is 12.1 Å². The van der Waals surface area contributed by atoms with Crippen molar-refractivity contribution < 1.29 is 12.6 Å². The van der Waals surface area contributed by atoms with Gasteiger partial charge in [0.1, 0.15) is 6.61 Å². The number of hydrogen-bond donors (Lipinski definition) is 2. The van der Waals surface area contributed by atoms with Crippen LogP contribution in [-0.2, 0) is 14.5 Å². The van der Waals surface area contributed by atoms with Crippen LogP contribution in [0.15, 0.2) is 4.99 Å². The van der Waals surface area contributed by atoms with Gasteiger partial charge >= 0.3 is 10.3 Å². The lowest BCUT2D eigenvalue weighted by atomic mass is 10.1. The first-order valence-electron chi connectivity index (χ1n) is 4.56. The molecule has 0 fully saturated rings. The average molecular weight is 325 g/mol. The van der Waals surface area contributed by atoms with Crippen molar-refractivity contribution in [2.75, 3.05) is 13.2 Å². The summed E-state index contributed by atoms with van der Waals surface area (Å²) in [6.07, 6.45) is 0. The Morgan fingerprint density at radius 3 is 2.53 bits per heavy atom. The van der Waals surface area contributed by atoms with Gasteiger partial charge in [-0.15, -0.1) is 0 Å². The third-order valence-corrected chi connectivity index (χ3v) is 2.89. The molecule has 100 valence electrons. The van der Waals surface area contributed by atoms with Gasteiger partial charge in [-0.1, -0.05) is 34.8 Å². The van der Waals surface area contributed by atoms with Gasteiger partial charge in [-0.25, -0.2) is 13.9 Å². The summed E-state index contributed by atoms with van der Waals surface area (Å²) in [5.41, 5.74) is -0.299. The van der Waals surface area contributed by atoms with Gasteiger partial charge < -0.3 is 5.32 Å². The first kappa shape index (κ1) is 15.1. The van der Waals surface area contributed by atoms with Crippen molar-refractivity contribution in [2.45, 2.75) is 23.2 Å². The molecule has 0 atom stereocenters. The van der Waals surface area contributed by atoms with Crippen molar-refractivity contribution >= 4 is 51.1 Å². The van der Waals surface area contributed by atoms with Crippen molar-refractivity contribution in [1.82, 2.24) is 10.0 Å². The van der Waals surface area contributed by atoms with Crippen molar-refractivity contribution in [3.63, 3.8) is 0 Å². The molecule has 0 aromatic rings. The molecule has 0 aliphatic carbocycles. The molecular formula is C7H12Cl3N3O3S. The molecule has 1 heterocycles. The van der Waals surface area contributed by atoms with Gasteiger partial charge in [0, 0.05) is 0 Å². The normalized spacial score (nSPS) is 19.7. The van der Waals surface area contributed by atoms with Crippen LogP contribution in [0.1, 0.15) is 13.8 Å². The van der Waals surface area contributed by atoms with E-state index in [9.17, 15) is 8.42 Å². The van der Waals surface area contributed by atoms with E-state index in [1.807, 2.05) is 13.8 Å². The average Bonchev–Trinajstić information content (AvgIpc) is 2.40. The zero-order valence-corrected chi connectivity index (χ0v) is 12.2. The summed E-state index contributed by atoms with van der Waals surface area (Å²) in [5, 5.41) is 2.86. The fourth-order valence-corrected chi connectivity index (χ4v) is 2.13. The Morgan fingerprint density at radius 1 is 1.53 bits per heavy atom. The Morgan fingerprint density at radius 2 is 2.12 bits per heavy atom. The molecule has 0 radical (unpaired) electrons. The number of hydrogen-bond acceptors (Lipinski definition) is 5. The fourth-order valence-electron chi connectivity index (χ4n) is 1.03. The summed E-state index contributed by atoms with van der Waals surface area (Å²) < 4.78 is 27.6. The van der Waals surface area contributed by atoms with E-state index in [2.05, 4.69) is 19.2 Å². The van der Waals surface area contributed by atoms with E-state index in [0.717, 1.165) is 0 Å². The van der Waals surface area contributed by atoms with Gasteiger partial charge in [-0.3, -0.25) is 0 Å². The minimum absolute atomic E-state index is 0.110. The standard InChI is InChI=1S/C7H12Cl3N3O3S/c1-6(2)3-11-5(12-6)13-17(14,15)16-4-7(8,9)10/h3-4H2,1-2H3,(H2,11,12,13). The second-order valence-electron chi connectivity index (χ2n) is 4.11. The summed E-state index contributed by atoms with van der Waals surface area (Å²) in [5.74, 6) is 0.110. The van der Waals surface area contributed by atoms with Gasteiger partial charge in [-0.2, -0.15) is 8.42 Å². The van der Waals surface area contributed by atoms with Crippen LogP contribution in [0.2, 0.25) is 0 Å². The highest BCUT2D eigenvalue weighted by Crippen LogP contribution is 2.26. The molecule has 0 saturated heterocycles. The third kappa shape index (κ3) is 5.96. The second kappa shape index (κ2) is 4.97. The Kier molecular flexibility index (Phi) is 4.42. The summed E-state index contributed by atoms with van der Waals surface area (Å²) in [6, 6.07) is 0. The number of rotatable bonds is 3. The summed E-state index contributed by atoms with van der Waals surface area (Å²) in [6.45, 7) is 3.62. The Hall–Kier alpha value is 0.0500. The molecule has 6 nitrogen and oxygen atoms in total. The highest BCUT2D eigenvalue weighted by molar-refractivity contribution is 7.85. The van der Waals surface area contributed by atoms with Gasteiger partial charge in [0.25, 0.3) is 0 Å². The van der Waals surface area contributed by atoms with Crippen LogP contribution >= 0.6 is 34.8 Å². The number of alkyl halides is 3. The number of nitrogens with one attached hydrogen (secondary N) is 2. The predicted molar refractivity (Wildman–Crippen MR) is 67.8 cm³/mol. The van der Waals surface area contributed by atoms with E-state index in [0.29, 0.717) is 6.54 Å². The van der Waals surface area contributed by atoms with Crippen molar-refractivity contribution in [3.8, 4) is 0 Å². The first-order valence-corrected chi connectivity index (χ1v) is 7.10. The lowest BCUT2D eigenvalue weighted by Gasteiger charge is -2.18. The molecule has 0 unspecified atom stereocenters. The molecule has 0 aromatic heterocycles. The first-order chi connectivity index (χ1) is 7.49. The maximum absolute atomic E-state index is 11.4. The third-order valence-electron chi connectivity index (χ3n) is 1.69. The van der Waals surface area contributed by atoms with Crippen LogP contribution in [0, 0.1) is 0 Å². The van der Waals surface area contributed by atoms with Crippen LogP contribution in [0.25, 0.3) is 0 Å². The molecule has 1 aliphatic rings. The summed E-state index contributed by atoms with van der Waals surface area (Å²) >= 11 is 16.1. The van der Waals surface area contributed by atoms with E-state index in [1.54, 1.807) is 0 Å². The number of aliphatic imine (C=N–C) groups is 1. The van der Waals surface area contributed by atoms with Crippen LogP contribution in [0.4, 0.5) is 0 Å². The van der Waals surface area contributed by atoms with Crippen LogP contribution in [0.5, 0.6) is 0 Å². The summed E-state index contributed by atoms with van der Waals surface area (Å²) in [4.78, 5) is 3.95. The Labute approximate surface area is 115 Å². The zero-order valence-electron chi connectivity index (χ0n) is 9.13. The number of nitrogens with zero attached hydrogens (tertiary/aromatic N) is 1. The largest absolute Gasteiger partial charge is 0.362 e. The lowest BCUT2D eigenvalue weighted by molar-refractivity contribution is 0.322. The molecule has 0 spiro atoms. The van der Waals surface area contributed by atoms with Crippen molar-refractivity contribution in [1.29, 1.82) is 0 Å². The molecule has 10 heteroatoms. The van der Waals surface area contributed by atoms with E-state index in [1.165, 1.54) is 0 Å². The quantitative estimate of drug-likeness (QED) is 0.757. The highest BCUT2D eigenvalue weighted by Gasteiger charge is 2.29. The molecule has 17 heavy (non-hydrogen) atoms. The molecule has 1 aliphatic heterocycles. The topological polar surface area (TPSA) is 79.8 Å². The maximum Gasteiger partial charge on any atom is 0.362 e. The van der Waals surface area contributed by atoms with E-state index in [-0.39, 0.29) is 11.5 Å². The fraction of sp³-hybridized carbons (Fsp3) is 0.857. The SMILES string of the molecule is CC1(C)CN=C(NS(=O)(=O)OCC(Cl)(Cl)Cl)N1. The molecule has 0 bridgehead atoms. The maximum atomic E-state index is 11.4. The minimum Gasteiger partial charge on any atom is -0.349 e. The zero-order chi connectivity index (χ0) is 13.3. The molecular weight excluding hydrogens is 313 g/mol. The Balaban J connectivity index is 2.52. The molecule has 0 aromatic carbocycles. The van der Waals surface area contributed by atoms with Crippen molar-refractivity contribution in [2.24, 2.45) is 4.99 Å². The number of halogens is 3. The van der Waals surface area contributed by atoms with Crippen LogP contribution in [-0.4, -0.2) is 36.9 Å². The van der Waals surface area contributed by atoms with Gasteiger partial charge in [0.2, 0.25) is 9.75 Å².